The van der Waals surface area contributed by atoms with Gasteiger partial charge >= 0.3 is 6.03 Å². The molecule has 1 aliphatic rings. The maximum Gasteiger partial charge on any atom is 0.319 e. The molecule has 0 saturated heterocycles. The first kappa shape index (κ1) is 13.9. The van der Waals surface area contributed by atoms with Gasteiger partial charge in [-0.15, -0.1) is 0 Å². The van der Waals surface area contributed by atoms with Crippen molar-refractivity contribution < 1.29 is 9.90 Å². The van der Waals surface area contributed by atoms with E-state index in [2.05, 4.69) is 10.6 Å². The van der Waals surface area contributed by atoms with Crippen molar-refractivity contribution in [3.8, 4) is 0 Å². The molecular weight excluding hydrogens is 240 g/mol. The van der Waals surface area contributed by atoms with Crippen molar-refractivity contribution in [1.82, 2.24) is 5.32 Å². The van der Waals surface area contributed by atoms with Gasteiger partial charge in [0, 0.05) is 12.2 Å². The SMILES string of the molecule is O=C(NC[C@H](O)C1CCCCC1)Nc1ccccc1. The fourth-order valence-electron chi connectivity index (χ4n) is 2.58. The number of benzene rings is 1. The van der Waals surface area contributed by atoms with Gasteiger partial charge < -0.3 is 15.7 Å². The lowest BCUT2D eigenvalue weighted by Crippen LogP contribution is -2.39. The van der Waals surface area contributed by atoms with E-state index >= 15 is 0 Å². The Morgan fingerprint density at radius 1 is 1.21 bits per heavy atom. The van der Waals surface area contributed by atoms with Gasteiger partial charge in [-0.25, -0.2) is 4.79 Å². The molecule has 0 aromatic heterocycles. The van der Waals surface area contributed by atoms with Gasteiger partial charge in [-0.05, 0) is 30.9 Å². The molecule has 1 fully saturated rings. The van der Waals surface area contributed by atoms with Crippen molar-refractivity contribution in [1.29, 1.82) is 0 Å². The van der Waals surface area contributed by atoms with Crippen LogP contribution in [0, 0.1) is 5.92 Å². The van der Waals surface area contributed by atoms with E-state index in [1.165, 1.54) is 19.3 Å². The highest BCUT2D eigenvalue weighted by atomic mass is 16.3. The van der Waals surface area contributed by atoms with Gasteiger partial charge in [0.2, 0.25) is 0 Å². The minimum atomic E-state index is -0.429. The quantitative estimate of drug-likeness (QED) is 0.781. The van der Waals surface area contributed by atoms with E-state index in [1.807, 2.05) is 30.3 Å². The number of para-hydroxylation sites is 1. The lowest BCUT2D eigenvalue weighted by Gasteiger charge is -2.26. The van der Waals surface area contributed by atoms with Crippen LogP contribution < -0.4 is 10.6 Å². The number of rotatable bonds is 4. The summed E-state index contributed by atoms with van der Waals surface area (Å²) in [7, 11) is 0. The molecule has 1 aliphatic carbocycles. The number of hydrogen-bond donors (Lipinski definition) is 3. The van der Waals surface area contributed by atoms with Crippen molar-refractivity contribution in [2.24, 2.45) is 5.92 Å². The summed E-state index contributed by atoms with van der Waals surface area (Å²) in [5.74, 6) is 0.339. The third kappa shape index (κ3) is 4.56. The predicted molar refractivity (Wildman–Crippen MR) is 76.0 cm³/mol. The molecule has 1 atom stereocenters. The first-order valence-corrected chi connectivity index (χ1v) is 7.03. The highest BCUT2D eigenvalue weighted by molar-refractivity contribution is 5.89. The van der Waals surface area contributed by atoms with Crippen LogP contribution in [-0.2, 0) is 0 Å². The van der Waals surface area contributed by atoms with Gasteiger partial charge in [0.25, 0.3) is 0 Å². The zero-order valence-electron chi connectivity index (χ0n) is 11.1. The summed E-state index contributed by atoms with van der Waals surface area (Å²) in [5, 5.41) is 15.5. The number of anilines is 1. The molecule has 2 rings (SSSR count). The van der Waals surface area contributed by atoms with E-state index in [1.54, 1.807) is 0 Å². The maximum absolute atomic E-state index is 11.7. The highest BCUT2D eigenvalue weighted by Gasteiger charge is 2.21. The Kier molecular flexibility index (Phi) is 5.21. The zero-order chi connectivity index (χ0) is 13.5. The monoisotopic (exact) mass is 262 g/mol. The van der Waals surface area contributed by atoms with E-state index in [0.29, 0.717) is 12.5 Å². The second-order valence-electron chi connectivity index (χ2n) is 5.17. The highest BCUT2D eigenvalue weighted by Crippen LogP contribution is 2.26. The molecule has 1 aromatic rings. The van der Waals surface area contributed by atoms with Gasteiger partial charge in [0.15, 0.2) is 0 Å². The van der Waals surface area contributed by atoms with Crippen LogP contribution in [0.2, 0.25) is 0 Å². The summed E-state index contributed by atoms with van der Waals surface area (Å²) in [6, 6.07) is 9.03. The van der Waals surface area contributed by atoms with Crippen LogP contribution in [0.5, 0.6) is 0 Å². The number of aliphatic hydroxyl groups is 1. The smallest absolute Gasteiger partial charge is 0.319 e. The molecule has 0 bridgehead atoms. The molecule has 104 valence electrons. The number of carbonyl (C=O) groups is 1. The van der Waals surface area contributed by atoms with E-state index in [0.717, 1.165) is 18.5 Å². The van der Waals surface area contributed by atoms with E-state index in [4.69, 9.17) is 0 Å². The van der Waals surface area contributed by atoms with E-state index < -0.39 is 6.10 Å². The molecule has 4 heteroatoms. The van der Waals surface area contributed by atoms with Crippen LogP contribution in [0.3, 0.4) is 0 Å². The van der Waals surface area contributed by atoms with Crippen LogP contribution in [0.4, 0.5) is 10.5 Å². The lowest BCUT2D eigenvalue weighted by atomic mass is 9.85. The Hall–Kier alpha value is -1.55. The fourth-order valence-corrected chi connectivity index (χ4v) is 2.58. The summed E-state index contributed by atoms with van der Waals surface area (Å²) in [5.41, 5.74) is 0.757. The largest absolute Gasteiger partial charge is 0.391 e. The van der Waals surface area contributed by atoms with Crippen molar-refractivity contribution >= 4 is 11.7 Å². The topological polar surface area (TPSA) is 61.4 Å². The third-order valence-electron chi connectivity index (χ3n) is 3.70. The molecular formula is C15H22N2O2. The Morgan fingerprint density at radius 3 is 2.58 bits per heavy atom. The normalized spacial score (nSPS) is 17.7. The molecule has 1 saturated carbocycles. The summed E-state index contributed by atoms with van der Waals surface area (Å²) in [6.45, 7) is 0.323. The summed E-state index contributed by atoms with van der Waals surface area (Å²) >= 11 is 0. The molecule has 3 N–H and O–H groups in total. The average molecular weight is 262 g/mol. The first-order chi connectivity index (χ1) is 9.25. The Balaban J connectivity index is 1.71. The molecule has 19 heavy (non-hydrogen) atoms. The number of nitrogens with one attached hydrogen (secondary N) is 2. The summed E-state index contributed by atoms with van der Waals surface area (Å²) < 4.78 is 0. The van der Waals surface area contributed by atoms with Crippen molar-refractivity contribution in [2.45, 2.75) is 38.2 Å². The number of carbonyl (C=O) groups excluding carboxylic acids is 1. The Labute approximate surface area is 114 Å². The number of amides is 2. The van der Waals surface area contributed by atoms with Crippen LogP contribution in [0.15, 0.2) is 30.3 Å². The van der Waals surface area contributed by atoms with E-state index in [-0.39, 0.29) is 6.03 Å². The molecule has 4 nitrogen and oxygen atoms in total. The van der Waals surface area contributed by atoms with Crippen LogP contribution >= 0.6 is 0 Å². The lowest BCUT2D eigenvalue weighted by molar-refractivity contribution is 0.0863. The molecule has 0 aliphatic heterocycles. The van der Waals surface area contributed by atoms with Crippen molar-refractivity contribution in [2.75, 3.05) is 11.9 Å². The van der Waals surface area contributed by atoms with Crippen LogP contribution in [0.1, 0.15) is 32.1 Å². The minimum Gasteiger partial charge on any atom is -0.391 e. The predicted octanol–water partition coefficient (Wildman–Crippen LogP) is 2.75. The van der Waals surface area contributed by atoms with Gasteiger partial charge in [-0.2, -0.15) is 0 Å². The second kappa shape index (κ2) is 7.14. The van der Waals surface area contributed by atoms with Crippen LogP contribution in [-0.4, -0.2) is 23.8 Å². The summed E-state index contributed by atoms with van der Waals surface area (Å²) in [4.78, 5) is 11.7. The third-order valence-corrected chi connectivity index (χ3v) is 3.70. The number of urea groups is 1. The van der Waals surface area contributed by atoms with Gasteiger partial charge in [-0.1, -0.05) is 37.5 Å². The maximum atomic E-state index is 11.7. The molecule has 0 unspecified atom stereocenters. The standard InChI is InChI=1S/C15H22N2O2/c18-14(12-7-3-1-4-8-12)11-16-15(19)17-13-9-5-2-6-10-13/h2,5-6,9-10,12,14,18H,1,3-4,7-8,11H2,(H2,16,17,19)/t14-/m0/s1. The second-order valence-corrected chi connectivity index (χ2v) is 5.17. The molecule has 0 spiro atoms. The van der Waals surface area contributed by atoms with Gasteiger partial charge in [0.1, 0.15) is 0 Å². The van der Waals surface area contributed by atoms with Crippen LogP contribution in [0.25, 0.3) is 0 Å². The number of hydrogen-bond acceptors (Lipinski definition) is 2. The van der Waals surface area contributed by atoms with Crippen molar-refractivity contribution in [3.05, 3.63) is 30.3 Å². The van der Waals surface area contributed by atoms with Crippen molar-refractivity contribution in [3.63, 3.8) is 0 Å². The molecule has 0 radical (unpaired) electrons. The first-order valence-electron chi connectivity index (χ1n) is 7.03. The minimum absolute atomic E-state index is 0.263. The van der Waals surface area contributed by atoms with Gasteiger partial charge in [-0.3, -0.25) is 0 Å². The zero-order valence-corrected chi connectivity index (χ0v) is 11.1. The number of aliphatic hydroxyl groups excluding tert-OH is 1. The fraction of sp³-hybridized carbons (Fsp3) is 0.533. The molecule has 1 aromatic carbocycles. The van der Waals surface area contributed by atoms with E-state index in [9.17, 15) is 9.90 Å². The molecule has 0 heterocycles. The Bertz CT molecular complexity index is 388. The average Bonchev–Trinajstić information content (AvgIpc) is 2.47. The summed E-state index contributed by atoms with van der Waals surface area (Å²) in [6.07, 6.45) is 5.37. The Morgan fingerprint density at radius 2 is 1.89 bits per heavy atom. The molecule has 2 amide bonds. The van der Waals surface area contributed by atoms with Gasteiger partial charge in [0.05, 0.1) is 6.10 Å².